The van der Waals surface area contributed by atoms with Gasteiger partial charge in [0.25, 0.3) is 0 Å². The fourth-order valence-electron chi connectivity index (χ4n) is 4.74. The second kappa shape index (κ2) is 12.9. The predicted octanol–water partition coefficient (Wildman–Crippen LogP) is 1.54. The van der Waals surface area contributed by atoms with Crippen molar-refractivity contribution in [3.05, 3.63) is 0 Å². The summed E-state index contributed by atoms with van der Waals surface area (Å²) in [5.41, 5.74) is 0. The Kier molecular flexibility index (Phi) is 11.0. The van der Waals surface area contributed by atoms with Crippen molar-refractivity contribution in [1.82, 2.24) is 24.9 Å². The Morgan fingerprint density at radius 1 is 0.931 bits per heavy atom. The maximum absolute atomic E-state index is 12.6. The highest BCUT2D eigenvalue weighted by atomic mass is 127. The van der Waals surface area contributed by atoms with Crippen LogP contribution in [0, 0.1) is 5.92 Å². The molecule has 0 aliphatic carbocycles. The third-order valence-electron chi connectivity index (χ3n) is 6.47. The third kappa shape index (κ3) is 7.86. The molecule has 1 amide bonds. The SMILES string of the molecule is CN=C(NCC1CCCN(C)C1)N1CCN(CC(=O)N2CCCCCC2)CC1.I. The Hall–Kier alpha value is -0.610. The number of piperazine rings is 1. The number of nitrogens with one attached hydrogen (secondary N) is 1. The number of amides is 1. The lowest BCUT2D eigenvalue weighted by molar-refractivity contribution is -0.132. The highest BCUT2D eigenvalue weighted by Crippen LogP contribution is 2.14. The minimum Gasteiger partial charge on any atom is -0.356 e. The van der Waals surface area contributed by atoms with Gasteiger partial charge < -0.3 is 20.0 Å². The minimum absolute atomic E-state index is 0. The van der Waals surface area contributed by atoms with Gasteiger partial charge in [0.2, 0.25) is 5.91 Å². The summed E-state index contributed by atoms with van der Waals surface area (Å²) in [4.78, 5) is 26.3. The van der Waals surface area contributed by atoms with Crippen LogP contribution in [0.25, 0.3) is 0 Å². The number of hydrogen-bond acceptors (Lipinski definition) is 4. The van der Waals surface area contributed by atoms with Gasteiger partial charge in [-0.15, -0.1) is 24.0 Å². The normalized spacial score (nSPS) is 25.3. The van der Waals surface area contributed by atoms with Crippen molar-refractivity contribution in [3.63, 3.8) is 0 Å². The van der Waals surface area contributed by atoms with Crippen LogP contribution in [0.2, 0.25) is 0 Å². The molecule has 3 fully saturated rings. The molecule has 1 unspecified atom stereocenters. The molecule has 7 nitrogen and oxygen atoms in total. The zero-order valence-electron chi connectivity index (χ0n) is 18.4. The van der Waals surface area contributed by atoms with Crippen molar-refractivity contribution in [2.45, 2.75) is 38.5 Å². The summed E-state index contributed by atoms with van der Waals surface area (Å²) in [6.07, 6.45) is 7.47. The molecule has 168 valence electrons. The number of hydrogen-bond donors (Lipinski definition) is 1. The van der Waals surface area contributed by atoms with Crippen LogP contribution in [0.4, 0.5) is 0 Å². The van der Waals surface area contributed by atoms with Crippen molar-refractivity contribution in [3.8, 4) is 0 Å². The monoisotopic (exact) mass is 520 g/mol. The summed E-state index contributed by atoms with van der Waals surface area (Å²) in [6, 6.07) is 0. The van der Waals surface area contributed by atoms with E-state index in [0.717, 1.165) is 64.6 Å². The Balaban J connectivity index is 0.00000300. The quantitative estimate of drug-likeness (QED) is 0.347. The van der Waals surface area contributed by atoms with Gasteiger partial charge >= 0.3 is 0 Å². The molecule has 0 saturated carbocycles. The van der Waals surface area contributed by atoms with Crippen molar-refractivity contribution < 1.29 is 4.79 Å². The molecule has 3 rings (SSSR count). The first-order valence-corrected chi connectivity index (χ1v) is 11.3. The van der Waals surface area contributed by atoms with Crippen molar-refractivity contribution in [1.29, 1.82) is 0 Å². The van der Waals surface area contributed by atoms with Crippen LogP contribution >= 0.6 is 24.0 Å². The molecule has 3 heterocycles. The molecular formula is C21H41IN6O. The summed E-state index contributed by atoms with van der Waals surface area (Å²) in [5, 5.41) is 3.60. The summed E-state index contributed by atoms with van der Waals surface area (Å²) in [7, 11) is 4.09. The van der Waals surface area contributed by atoms with Gasteiger partial charge in [-0.2, -0.15) is 0 Å². The maximum atomic E-state index is 12.6. The average Bonchev–Trinajstić information content (AvgIpc) is 2.99. The zero-order valence-corrected chi connectivity index (χ0v) is 20.8. The van der Waals surface area contributed by atoms with Crippen LogP contribution in [0.15, 0.2) is 4.99 Å². The smallest absolute Gasteiger partial charge is 0.236 e. The minimum atomic E-state index is 0. The molecule has 0 bridgehead atoms. The van der Waals surface area contributed by atoms with E-state index in [2.05, 4.69) is 37.0 Å². The second-order valence-corrected chi connectivity index (χ2v) is 8.76. The largest absolute Gasteiger partial charge is 0.356 e. The van der Waals surface area contributed by atoms with E-state index in [1.807, 2.05) is 7.05 Å². The van der Waals surface area contributed by atoms with E-state index in [-0.39, 0.29) is 24.0 Å². The number of nitrogens with zero attached hydrogens (tertiary/aromatic N) is 5. The fraction of sp³-hybridized carbons (Fsp3) is 0.905. The zero-order chi connectivity index (χ0) is 19.8. The lowest BCUT2D eigenvalue weighted by Crippen LogP contribution is -2.55. The van der Waals surface area contributed by atoms with Gasteiger partial charge in [-0.3, -0.25) is 14.7 Å². The van der Waals surface area contributed by atoms with E-state index < -0.39 is 0 Å². The van der Waals surface area contributed by atoms with Gasteiger partial charge in [0, 0.05) is 59.4 Å². The van der Waals surface area contributed by atoms with Crippen LogP contribution in [0.5, 0.6) is 0 Å². The lowest BCUT2D eigenvalue weighted by atomic mass is 9.98. The fourth-order valence-corrected chi connectivity index (χ4v) is 4.74. The molecule has 8 heteroatoms. The molecule has 0 aromatic carbocycles. The molecule has 1 N–H and O–H groups in total. The van der Waals surface area contributed by atoms with Crippen LogP contribution in [-0.4, -0.2) is 111 Å². The number of aliphatic imine (C=N–C) groups is 1. The molecule has 0 aromatic heterocycles. The summed E-state index contributed by atoms with van der Waals surface area (Å²) in [5.74, 6) is 2.05. The first-order valence-electron chi connectivity index (χ1n) is 11.3. The van der Waals surface area contributed by atoms with E-state index >= 15 is 0 Å². The number of piperidine rings is 1. The van der Waals surface area contributed by atoms with Crippen LogP contribution in [-0.2, 0) is 4.79 Å². The third-order valence-corrected chi connectivity index (χ3v) is 6.47. The summed E-state index contributed by atoms with van der Waals surface area (Å²) in [6.45, 7) is 9.64. The molecular weight excluding hydrogens is 479 g/mol. The number of halogens is 1. The Morgan fingerprint density at radius 2 is 1.62 bits per heavy atom. The van der Waals surface area contributed by atoms with Crippen molar-refractivity contribution in [2.24, 2.45) is 10.9 Å². The Bertz CT molecular complexity index is 515. The van der Waals surface area contributed by atoms with Crippen LogP contribution < -0.4 is 5.32 Å². The lowest BCUT2D eigenvalue weighted by Gasteiger charge is -2.37. The first kappa shape index (κ1) is 24.7. The first-order chi connectivity index (χ1) is 13.7. The topological polar surface area (TPSA) is 54.4 Å². The molecule has 0 spiro atoms. The maximum Gasteiger partial charge on any atom is 0.236 e. The van der Waals surface area contributed by atoms with Crippen molar-refractivity contribution in [2.75, 3.05) is 79.5 Å². The molecule has 0 radical (unpaired) electrons. The van der Waals surface area contributed by atoms with E-state index in [4.69, 9.17) is 0 Å². The van der Waals surface area contributed by atoms with E-state index in [9.17, 15) is 4.79 Å². The molecule has 0 aromatic rings. The van der Waals surface area contributed by atoms with Gasteiger partial charge in [-0.1, -0.05) is 12.8 Å². The summed E-state index contributed by atoms with van der Waals surface area (Å²) < 4.78 is 0. The Morgan fingerprint density at radius 3 is 2.24 bits per heavy atom. The van der Waals surface area contributed by atoms with Crippen LogP contribution in [0.1, 0.15) is 38.5 Å². The highest BCUT2D eigenvalue weighted by molar-refractivity contribution is 14.0. The van der Waals surface area contributed by atoms with Gasteiger partial charge in [0.15, 0.2) is 5.96 Å². The molecule has 3 aliphatic rings. The number of guanidine groups is 1. The molecule has 29 heavy (non-hydrogen) atoms. The number of likely N-dealkylation sites (tertiary alicyclic amines) is 2. The highest BCUT2D eigenvalue weighted by Gasteiger charge is 2.24. The second-order valence-electron chi connectivity index (χ2n) is 8.76. The summed E-state index contributed by atoms with van der Waals surface area (Å²) >= 11 is 0. The van der Waals surface area contributed by atoms with Crippen LogP contribution in [0.3, 0.4) is 0 Å². The molecule has 3 saturated heterocycles. The van der Waals surface area contributed by atoms with Gasteiger partial charge in [0.05, 0.1) is 6.54 Å². The standard InChI is InChI=1S/C21H40N6O.HI/c1-22-21(23-16-19-8-7-9-24(2)17-19)27-14-12-25(13-15-27)18-20(28)26-10-5-3-4-6-11-26;/h19H,3-18H2,1-2H3,(H,22,23);1H. The van der Waals surface area contributed by atoms with Crippen molar-refractivity contribution >= 4 is 35.8 Å². The van der Waals surface area contributed by atoms with Gasteiger partial charge in [-0.25, -0.2) is 0 Å². The van der Waals surface area contributed by atoms with E-state index in [1.165, 1.54) is 38.8 Å². The molecule has 3 aliphatic heterocycles. The number of rotatable bonds is 4. The Labute approximate surface area is 194 Å². The van der Waals surface area contributed by atoms with Gasteiger partial charge in [-0.05, 0) is 45.2 Å². The predicted molar refractivity (Wildman–Crippen MR) is 130 cm³/mol. The average molecular weight is 521 g/mol. The van der Waals surface area contributed by atoms with Gasteiger partial charge in [0.1, 0.15) is 0 Å². The van der Waals surface area contributed by atoms with E-state index in [0.29, 0.717) is 18.4 Å². The number of carbonyl (C=O) groups is 1. The number of carbonyl (C=O) groups excluding carboxylic acids is 1. The molecule has 1 atom stereocenters. The van der Waals surface area contributed by atoms with E-state index in [1.54, 1.807) is 0 Å².